The van der Waals surface area contributed by atoms with Gasteiger partial charge in [-0.1, -0.05) is 168 Å². The first-order chi connectivity index (χ1) is 36.8. The summed E-state index contributed by atoms with van der Waals surface area (Å²) in [5.41, 5.74) is 3.92. The average molecular weight is 1110 g/mol. The molecular formula is C56H60Cl3NO16. The zero-order chi connectivity index (χ0) is 53.7. The van der Waals surface area contributed by atoms with Crippen LogP contribution < -0.4 is 10.1 Å². The van der Waals surface area contributed by atoms with Gasteiger partial charge in [0, 0.05) is 6.42 Å². The van der Waals surface area contributed by atoms with Gasteiger partial charge in [-0.15, -0.1) is 0 Å². The van der Waals surface area contributed by atoms with E-state index < -0.39 is 83.8 Å². The summed E-state index contributed by atoms with van der Waals surface area (Å²) in [6.07, 6.45) is -13.6. The van der Waals surface area contributed by atoms with Crippen LogP contribution in [0.1, 0.15) is 47.6 Å². The van der Waals surface area contributed by atoms with E-state index >= 15 is 0 Å². The molecule has 0 saturated carbocycles. The highest BCUT2D eigenvalue weighted by molar-refractivity contribution is 6.67. The Labute approximate surface area is 455 Å². The van der Waals surface area contributed by atoms with Gasteiger partial charge in [-0.3, -0.25) is 9.59 Å². The van der Waals surface area contributed by atoms with E-state index in [9.17, 15) is 24.3 Å². The molecule has 17 nitrogen and oxygen atoms in total. The molecule has 2 saturated heterocycles. The van der Waals surface area contributed by atoms with Gasteiger partial charge in [0.05, 0.1) is 52.7 Å². The zero-order valence-corrected chi connectivity index (χ0v) is 43.8. The lowest BCUT2D eigenvalue weighted by Crippen LogP contribution is -2.68. The summed E-state index contributed by atoms with van der Waals surface area (Å²) in [4.78, 5) is 50.6. The molecule has 0 unspecified atom stereocenters. The molecule has 406 valence electrons. The van der Waals surface area contributed by atoms with Crippen molar-refractivity contribution in [1.82, 2.24) is 5.32 Å². The molecule has 0 aliphatic carbocycles. The van der Waals surface area contributed by atoms with Gasteiger partial charge in [0.25, 0.3) is 6.47 Å². The number of hydrogen-bond donors (Lipinski definition) is 2. The second-order valence-corrected chi connectivity index (χ2v) is 20.4. The minimum absolute atomic E-state index is 0.0157. The van der Waals surface area contributed by atoms with Crippen molar-refractivity contribution >= 4 is 59.1 Å². The molecule has 20 heteroatoms. The Kier molecular flexibility index (Phi) is 22.9. The molecule has 5 aromatic rings. The van der Waals surface area contributed by atoms with Crippen LogP contribution in [-0.4, -0.2) is 114 Å². The number of hydrogen-bond acceptors (Lipinski definition) is 16. The summed E-state index contributed by atoms with van der Waals surface area (Å²) in [5, 5.41) is 15.3. The number of amides is 1. The van der Waals surface area contributed by atoms with Crippen LogP contribution in [0.3, 0.4) is 0 Å². The molecular weight excluding hydrogens is 1050 g/mol. The molecule has 2 N–H and O–H groups in total. The molecule has 2 fully saturated rings. The summed E-state index contributed by atoms with van der Waals surface area (Å²) in [7, 11) is 0. The lowest BCUT2D eigenvalue weighted by atomic mass is 9.95. The Morgan fingerprint density at radius 1 is 0.592 bits per heavy atom. The Balaban J connectivity index is 1.27. The molecule has 2 heterocycles. The molecule has 0 radical (unpaired) electrons. The van der Waals surface area contributed by atoms with Gasteiger partial charge in [0.2, 0.25) is 3.79 Å². The number of benzene rings is 5. The normalized spacial score (nSPS) is 23.5. The fourth-order valence-corrected chi connectivity index (χ4v) is 8.46. The molecule has 2 aliphatic rings. The van der Waals surface area contributed by atoms with E-state index in [1.165, 1.54) is 6.92 Å². The van der Waals surface area contributed by atoms with Crippen LogP contribution in [0.15, 0.2) is 146 Å². The Morgan fingerprint density at radius 3 is 1.58 bits per heavy atom. The molecule has 0 spiro atoms. The van der Waals surface area contributed by atoms with Gasteiger partial charge in [-0.25, -0.2) is 4.79 Å². The number of ether oxygens (including phenoxy) is 11. The van der Waals surface area contributed by atoms with Gasteiger partial charge in [-0.2, -0.15) is 0 Å². The second kappa shape index (κ2) is 29.9. The van der Waals surface area contributed by atoms with Crippen molar-refractivity contribution in [2.75, 3.05) is 19.8 Å². The summed E-state index contributed by atoms with van der Waals surface area (Å²) in [6.45, 7) is 0.948. The molecule has 76 heavy (non-hydrogen) atoms. The number of rotatable bonds is 27. The number of esters is 1. The fourth-order valence-electron chi connectivity index (χ4n) is 8.29. The molecule has 0 aromatic heterocycles. The minimum Gasteiger partial charge on any atom is -0.454 e. The third-order valence-corrected chi connectivity index (χ3v) is 12.4. The third kappa shape index (κ3) is 18.6. The van der Waals surface area contributed by atoms with Crippen molar-refractivity contribution in [3.05, 3.63) is 173 Å². The van der Waals surface area contributed by atoms with Crippen molar-refractivity contribution in [3.63, 3.8) is 0 Å². The van der Waals surface area contributed by atoms with E-state index in [0.29, 0.717) is 12.0 Å². The van der Waals surface area contributed by atoms with Crippen LogP contribution in [0.4, 0.5) is 4.79 Å². The third-order valence-electron chi connectivity index (χ3n) is 12.0. The Morgan fingerprint density at radius 2 is 1.07 bits per heavy atom. The number of carbonyl (C=O) groups excluding carboxylic acids is 4. The largest absolute Gasteiger partial charge is 0.454 e. The van der Waals surface area contributed by atoms with Gasteiger partial charge in [-0.05, 0) is 46.9 Å². The number of halogens is 3. The second-order valence-electron chi connectivity index (χ2n) is 17.9. The van der Waals surface area contributed by atoms with Crippen LogP contribution in [0.5, 0.6) is 5.75 Å². The Hall–Kier alpha value is -5.51. The quantitative estimate of drug-likeness (QED) is 0.0289. The highest BCUT2D eigenvalue weighted by Gasteiger charge is 2.55. The SMILES string of the molecule is CC(=O)CCC(=O)O[C@H]1[C@H](O[C@H]2[C@H](O)[C@@H](NC(=O)OCC(Cl)(Cl)Cl)[C@H](OCc3ccc(OC=O)cc3)O[C@@H]2COCc2ccccc2)O[C@H](COCc2ccccc2)[C@H](OCc2ccccc2)[C@@H]1OCc1ccccc1. The summed E-state index contributed by atoms with van der Waals surface area (Å²) in [5.74, 6) is -0.729. The van der Waals surface area contributed by atoms with Crippen LogP contribution in [-0.2, 0) is 94.8 Å². The van der Waals surface area contributed by atoms with Gasteiger partial charge >= 0.3 is 12.1 Å². The molecule has 0 bridgehead atoms. The van der Waals surface area contributed by atoms with Crippen molar-refractivity contribution in [2.24, 2.45) is 0 Å². The predicted octanol–water partition coefficient (Wildman–Crippen LogP) is 8.28. The van der Waals surface area contributed by atoms with Crippen LogP contribution in [0.2, 0.25) is 0 Å². The molecule has 2 aliphatic heterocycles. The topological polar surface area (TPSA) is 202 Å². The zero-order valence-electron chi connectivity index (χ0n) is 41.5. The summed E-state index contributed by atoms with van der Waals surface area (Å²) >= 11 is 17.8. The van der Waals surface area contributed by atoms with Crippen molar-refractivity contribution in [1.29, 1.82) is 0 Å². The first-order valence-electron chi connectivity index (χ1n) is 24.5. The first-order valence-corrected chi connectivity index (χ1v) is 25.6. The fraction of sp³-hybridized carbons (Fsp3) is 0.393. The van der Waals surface area contributed by atoms with E-state index in [-0.39, 0.29) is 70.6 Å². The Bertz CT molecular complexity index is 2530. The van der Waals surface area contributed by atoms with E-state index in [1.807, 2.05) is 121 Å². The smallest absolute Gasteiger partial charge is 0.407 e. The number of carbonyl (C=O) groups is 4. The standard InChI is InChI=1S/C56H60Cl3NO16/c1-37(62)22-27-46(63)75-52-51(69-31-41-20-12-5-13-21-41)50(68-30-40-18-10-4-11-19-40)45(34-67-29-39-16-8-3-9-17-39)74-54(52)76-49-44(33-66-28-38-14-6-2-7-15-38)73-53(70-32-42-23-25-43(26-24-42)72-36-61)47(48(49)64)60-55(65)71-35-56(57,58)59/h2-21,23-26,36,44-45,47-54,64H,22,27-35H2,1H3,(H,60,65)/t44-,45-,47-,48-,49-,50+,51+,52-,53-,54+/m1/s1. The van der Waals surface area contributed by atoms with Gasteiger partial charge in [0.15, 0.2) is 18.7 Å². The number of ketones is 1. The van der Waals surface area contributed by atoms with Gasteiger partial charge < -0.3 is 67.3 Å². The highest BCUT2D eigenvalue weighted by atomic mass is 35.6. The van der Waals surface area contributed by atoms with Crippen molar-refractivity contribution < 1.29 is 76.4 Å². The minimum atomic E-state index is -1.99. The summed E-state index contributed by atoms with van der Waals surface area (Å²) < 4.78 is 67.2. The molecule has 7 rings (SSSR count). The maximum Gasteiger partial charge on any atom is 0.407 e. The number of nitrogens with one attached hydrogen (secondary N) is 1. The number of aliphatic hydroxyl groups is 1. The van der Waals surface area contributed by atoms with Crippen molar-refractivity contribution in [2.45, 2.75) is 118 Å². The van der Waals surface area contributed by atoms with Crippen LogP contribution >= 0.6 is 34.8 Å². The molecule has 10 atom stereocenters. The van der Waals surface area contributed by atoms with Gasteiger partial charge in [0.1, 0.15) is 60.8 Å². The lowest BCUT2D eigenvalue weighted by Gasteiger charge is -2.49. The van der Waals surface area contributed by atoms with Crippen LogP contribution in [0, 0.1) is 0 Å². The van der Waals surface area contributed by atoms with E-state index in [4.69, 9.17) is 86.9 Å². The monoisotopic (exact) mass is 1110 g/mol. The van der Waals surface area contributed by atoms with Crippen LogP contribution in [0.25, 0.3) is 0 Å². The number of alkyl carbamates (subject to hydrolysis) is 1. The maximum absolute atomic E-state index is 13.9. The predicted molar refractivity (Wildman–Crippen MR) is 277 cm³/mol. The average Bonchev–Trinajstić information content (AvgIpc) is 3.43. The lowest BCUT2D eigenvalue weighted by molar-refractivity contribution is -0.358. The van der Waals surface area contributed by atoms with E-state index in [0.717, 1.165) is 22.3 Å². The highest BCUT2D eigenvalue weighted by Crippen LogP contribution is 2.36. The molecule has 1 amide bonds. The number of alkyl halides is 3. The summed E-state index contributed by atoms with van der Waals surface area (Å²) in [6, 6.07) is 42.5. The van der Waals surface area contributed by atoms with E-state index in [2.05, 4.69) is 5.32 Å². The first kappa shape index (κ1) is 58.2. The van der Waals surface area contributed by atoms with E-state index in [1.54, 1.807) is 24.3 Å². The number of aliphatic hydroxyl groups excluding tert-OH is 1. The van der Waals surface area contributed by atoms with Crippen molar-refractivity contribution in [3.8, 4) is 5.75 Å². The molecule has 5 aromatic carbocycles. The maximum atomic E-state index is 13.9. The number of Topliss-reactive ketones (excluding diaryl/α,β-unsaturated/α-hetero) is 1.